The van der Waals surface area contributed by atoms with Gasteiger partial charge in [0.05, 0.1) is 22.6 Å². The first-order chi connectivity index (χ1) is 13.1. The third kappa shape index (κ3) is 3.60. The molecule has 5 nitrogen and oxygen atoms in total. The molecule has 0 unspecified atom stereocenters. The second-order valence-corrected chi connectivity index (χ2v) is 7.51. The van der Waals surface area contributed by atoms with Crippen molar-refractivity contribution in [3.63, 3.8) is 0 Å². The molecule has 4 rings (SSSR count). The van der Waals surface area contributed by atoms with E-state index in [0.29, 0.717) is 11.4 Å². The van der Waals surface area contributed by atoms with Gasteiger partial charge in [-0.05, 0) is 44.0 Å². The highest BCUT2D eigenvalue weighted by atomic mass is 32.1. The van der Waals surface area contributed by atoms with Crippen molar-refractivity contribution in [1.29, 1.82) is 0 Å². The number of amides is 1. The van der Waals surface area contributed by atoms with Crippen molar-refractivity contribution >= 4 is 17.2 Å². The average molecular weight is 382 g/mol. The van der Waals surface area contributed by atoms with Gasteiger partial charge in [-0.15, -0.1) is 11.3 Å². The highest BCUT2D eigenvalue weighted by Gasteiger charge is 2.29. The summed E-state index contributed by atoms with van der Waals surface area (Å²) in [6.07, 6.45) is 5.18. The van der Waals surface area contributed by atoms with Gasteiger partial charge in [0.1, 0.15) is 10.7 Å². The lowest BCUT2D eigenvalue weighted by atomic mass is 9.91. The fourth-order valence-corrected chi connectivity index (χ4v) is 4.28. The number of thiazole rings is 1. The zero-order valence-corrected chi connectivity index (χ0v) is 15.7. The van der Waals surface area contributed by atoms with E-state index in [1.54, 1.807) is 30.0 Å². The zero-order chi connectivity index (χ0) is 18.8. The molecule has 1 aliphatic rings. The van der Waals surface area contributed by atoms with Gasteiger partial charge in [-0.1, -0.05) is 0 Å². The molecule has 3 aromatic rings. The first-order valence-electron chi connectivity index (χ1n) is 8.89. The van der Waals surface area contributed by atoms with Crippen molar-refractivity contribution in [2.24, 2.45) is 0 Å². The molecule has 3 heterocycles. The largest absolute Gasteiger partial charge is 0.337 e. The molecule has 1 aromatic carbocycles. The molecule has 0 bridgehead atoms. The maximum atomic E-state index is 13.3. The Morgan fingerprint density at radius 1 is 1.19 bits per heavy atom. The van der Waals surface area contributed by atoms with Gasteiger partial charge in [0.2, 0.25) is 0 Å². The summed E-state index contributed by atoms with van der Waals surface area (Å²) in [5.74, 6) is -0.143. The Morgan fingerprint density at radius 2 is 1.96 bits per heavy atom. The second kappa shape index (κ2) is 7.52. The van der Waals surface area contributed by atoms with E-state index in [0.717, 1.165) is 42.0 Å². The summed E-state index contributed by atoms with van der Waals surface area (Å²) in [6, 6.07) is 6.29. The summed E-state index contributed by atoms with van der Waals surface area (Å²) in [6.45, 7) is 3.20. The predicted octanol–water partition coefficient (Wildman–Crippen LogP) is 4.07. The van der Waals surface area contributed by atoms with Crippen LogP contribution in [0.1, 0.15) is 39.8 Å². The SMILES string of the molecule is Cc1ncsc1C(=O)N1CCC[C@H](c2nccnc2-c2ccc(F)cc2)C1. The molecule has 1 amide bonds. The quantitative estimate of drug-likeness (QED) is 0.685. The van der Waals surface area contributed by atoms with Crippen LogP contribution in [0.2, 0.25) is 0 Å². The summed E-state index contributed by atoms with van der Waals surface area (Å²) < 4.78 is 13.3. The summed E-state index contributed by atoms with van der Waals surface area (Å²) in [5, 5.41) is 0. The number of aryl methyl sites for hydroxylation is 1. The topological polar surface area (TPSA) is 59.0 Å². The number of rotatable bonds is 3. The molecular weight excluding hydrogens is 363 g/mol. The van der Waals surface area contributed by atoms with E-state index in [1.165, 1.54) is 23.5 Å². The fraction of sp³-hybridized carbons (Fsp3) is 0.300. The highest BCUT2D eigenvalue weighted by Crippen LogP contribution is 2.32. The Balaban J connectivity index is 1.61. The van der Waals surface area contributed by atoms with E-state index in [-0.39, 0.29) is 17.6 Å². The van der Waals surface area contributed by atoms with Gasteiger partial charge in [-0.25, -0.2) is 9.37 Å². The van der Waals surface area contributed by atoms with Crippen LogP contribution < -0.4 is 0 Å². The van der Waals surface area contributed by atoms with Crippen LogP contribution in [0.5, 0.6) is 0 Å². The van der Waals surface area contributed by atoms with E-state index in [9.17, 15) is 9.18 Å². The number of hydrogen-bond donors (Lipinski definition) is 0. The van der Waals surface area contributed by atoms with Crippen LogP contribution >= 0.6 is 11.3 Å². The van der Waals surface area contributed by atoms with E-state index in [1.807, 2.05) is 11.8 Å². The minimum absolute atomic E-state index is 0.0342. The first-order valence-corrected chi connectivity index (χ1v) is 9.77. The van der Waals surface area contributed by atoms with Crippen LogP contribution in [0.15, 0.2) is 42.2 Å². The van der Waals surface area contributed by atoms with Crippen molar-refractivity contribution < 1.29 is 9.18 Å². The third-order valence-electron chi connectivity index (χ3n) is 4.88. The van der Waals surface area contributed by atoms with Crippen LogP contribution in [-0.2, 0) is 0 Å². The highest BCUT2D eigenvalue weighted by molar-refractivity contribution is 7.11. The molecule has 2 aromatic heterocycles. The van der Waals surface area contributed by atoms with Crippen LogP contribution in [0, 0.1) is 12.7 Å². The molecule has 1 atom stereocenters. The lowest BCUT2D eigenvalue weighted by Crippen LogP contribution is -2.39. The van der Waals surface area contributed by atoms with Gasteiger partial charge in [-0.2, -0.15) is 0 Å². The third-order valence-corrected chi connectivity index (χ3v) is 5.80. The van der Waals surface area contributed by atoms with Crippen molar-refractivity contribution in [2.75, 3.05) is 13.1 Å². The standard InChI is InChI=1S/C20H19FN4OS/c1-13-19(27-12-24-13)20(26)25-10-2-3-15(11-25)18-17(22-8-9-23-18)14-4-6-16(21)7-5-14/h4-9,12,15H,2-3,10-11H2,1H3/t15-/m0/s1. The first kappa shape index (κ1) is 17.7. The normalized spacial score (nSPS) is 17.1. The van der Waals surface area contributed by atoms with Gasteiger partial charge >= 0.3 is 0 Å². The maximum absolute atomic E-state index is 13.3. The van der Waals surface area contributed by atoms with E-state index in [4.69, 9.17) is 0 Å². The number of carbonyl (C=O) groups is 1. The van der Waals surface area contributed by atoms with Crippen molar-refractivity contribution in [3.05, 3.63) is 64.3 Å². The van der Waals surface area contributed by atoms with E-state index in [2.05, 4.69) is 15.0 Å². The van der Waals surface area contributed by atoms with E-state index < -0.39 is 0 Å². The Bertz CT molecular complexity index is 957. The molecule has 0 aliphatic carbocycles. The number of piperidine rings is 1. The van der Waals surface area contributed by atoms with Crippen molar-refractivity contribution in [3.8, 4) is 11.3 Å². The average Bonchev–Trinajstić information content (AvgIpc) is 3.14. The van der Waals surface area contributed by atoms with E-state index >= 15 is 0 Å². The smallest absolute Gasteiger partial charge is 0.265 e. The summed E-state index contributed by atoms with van der Waals surface area (Å²) in [7, 11) is 0. The molecule has 1 saturated heterocycles. The Morgan fingerprint density at radius 3 is 2.70 bits per heavy atom. The maximum Gasteiger partial charge on any atom is 0.265 e. The zero-order valence-electron chi connectivity index (χ0n) is 14.9. The van der Waals surface area contributed by atoms with Crippen molar-refractivity contribution in [1.82, 2.24) is 19.9 Å². The Hall–Kier alpha value is -2.67. The number of halogens is 1. The van der Waals surface area contributed by atoms with Crippen LogP contribution in [-0.4, -0.2) is 38.8 Å². The molecule has 7 heteroatoms. The number of likely N-dealkylation sites (tertiary alicyclic amines) is 1. The van der Waals surface area contributed by atoms with Crippen LogP contribution in [0.3, 0.4) is 0 Å². The van der Waals surface area contributed by atoms with Gasteiger partial charge in [0.25, 0.3) is 5.91 Å². The number of aromatic nitrogens is 3. The monoisotopic (exact) mass is 382 g/mol. The van der Waals surface area contributed by atoms with Gasteiger partial charge in [0, 0.05) is 37.0 Å². The molecule has 0 radical (unpaired) electrons. The number of benzene rings is 1. The summed E-state index contributed by atoms with van der Waals surface area (Å²) in [4.78, 5) is 28.7. The Labute approximate surface area is 160 Å². The second-order valence-electron chi connectivity index (χ2n) is 6.65. The predicted molar refractivity (Wildman–Crippen MR) is 102 cm³/mol. The number of nitrogens with zero attached hydrogens (tertiary/aromatic N) is 4. The van der Waals surface area contributed by atoms with Crippen LogP contribution in [0.4, 0.5) is 4.39 Å². The number of carbonyl (C=O) groups excluding carboxylic acids is 1. The molecule has 138 valence electrons. The lowest BCUT2D eigenvalue weighted by molar-refractivity contribution is 0.0710. The minimum atomic E-state index is -0.279. The van der Waals surface area contributed by atoms with Gasteiger partial charge < -0.3 is 4.90 Å². The molecular formula is C20H19FN4OS. The number of hydrogen-bond acceptors (Lipinski definition) is 5. The molecule has 0 spiro atoms. The summed E-state index contributed by atoms with van der Waals surface area (Å²) in [5.41, 5.74) is 4.94. The Kier molecular flexibility index (Phi) is 4.94. The molecule has 27 heavy (non-hydrogen) atoms. The molecule has 1 fully saturated rings. The van der Waals surface area contributed by atoms with Gasteiger partial charge in [-0.3, -0.25) is 14.8 Å². The summed E-state index contributed by atoms with van der Waals surface area (Å²) >= 11 is 1.38. The fourth-order valence-electron chi connectivity index (χ4n) is 3.51. The van der Waals surface area contributed by atoms with Gasteiger partial charge in [0.15, 0.2) is 0 Å². The van der Waals surface area contributed by atoms with Crippen LogP contribution in [0.25, 0.3) is 11.3 Å². The molecule has 0 N–H and O–H groups in total. The van der Waals surface area contributed by atoms with Crippen molar-refractivity contribution in [2.45, 2.75) is 25.7 Å². The molecule has 0 saturated carbocycles. The minimum Gasteiger partial charge on any atom is -0.337 e. The lowest BCUT2D eigenvalue weighted by Gasteiger charge is -2.32. The molecule has 1 aliphatic heterocycles.